The number of fused-ring (bicyclic) bond motifs is 5. The fraction of sp³-hybridized carbons (Fsp3) is 0.793. The molecule has 1 heterocycles. The van der Waals surface area contributed by atoms with Crippen molar-refractivity contribution in [3.8, 4) is 0 Å². The third kappa shape index (κ3) is 4.63. The summed E-state index contributed by atoms with van der Waals surface area (Å²) >= 11 is 0. The average molecular weight is 499 g/mol. The van der Waals surface area contributed by atoms with Crippen molar-refractivity contribution >= 4 is 23.6 Å². The van der Waals surface area contributed by atoms with E-state index in [1.165, 1.54) is 5.57 Å². The quantitative estimate of drug-likeness (QED) is 0.558. The maximum atomic E-state index is 12.8. The van der Waals surface area contributed by atoms with Crippen LogP contribution in [0.25, 0.3) is 0 Å². The maximum absolute atomic E-state index is 12.8. The number of nitrogens with one attached hydrogen (secondary N) is 2. The molecule has 0 aromatic carbocycles. The van der Waals surface area contributed by atoms with E-state index in [1.54, 1.807) is 0 Å². The third-order valence-electron chi connectivity index (χ3n) is 10.6. The van der Waals surface area contributed by atoms with Crippen molar-refractivity contribution in [2.24, 2.45) is 28.6 Å². The first-order chi connectivity index (χ1) is 17.2. The number of ketones is 1. The van der Waals surface area contributed by atoms with Gasteiger partial charge in [0.25, 0.3) is 0 Å². The first-order valence-corrected chi connectivity index (χ1v) is 14.2. The van der Waals surface area contributed by atoms with E-state index in [0.717, 1.165) is 57.8 Å². The van der Waals surface area contributed by atoms with Crippen LogP contribution in [-0.2, 0) is 23.9 Å². The molecule has 1 saturated heterocycles. The van der Waals surface area contributed by atoms with Crippen LogP contribution in [0, 0.1) is 28.6 Å². The molecular weight excluding hydrogens is 456 g/mol. The zero-order valence-electron chi connectivity index (χ0n) is 21.9. The summed E-state index contributed by atoms with van der Waals surface area (Å²) < 4.78 is 6.04. The largest absolute Gasteiger partial charge is 0.462 e. The molecule has 7 atom stereocenters. The molecule has 0 spiro atoms. The molecule has 5 rings (SSSR count). The minimum Gasteiger partial charge on any atom is -0.462 e. The summed E-state index contributed by atoms with van der Waals surface area (Å²) in [5, 5.41) is 5.61. The van der Waals surface area contributed by atoms with Gasteiger partial charge in [0.2, 0.25) is 11.8 Å². The Hall–Kier alpha value is -2.18. The van der Waals surface area contributed by atoms with Crippen molar-refractivity contribution in [3.05, 3.63) is 11.6 Å². The van der Waals surface area contributed by atoms with Gasteiger partial charge in [0, 0.05) is 24.8 Å². The third-order valence-corrected chi connectivity index (χ3v) is 10.6. The lowest BCUT2D eigenvalue weighted by Crippen LogP contribution is -2.51. The molecule has 2 N–H and O–H groups in total. The lowest BCUT2D eigenvalue weighted by atomic mass is 9.47. The van der Waals surface area contributed by atoms with Crippen molar-refractivity contribution in [1.29, 1.82) is 0 Å². The molecule has 0 aromatic rings. The average Bonchev–Trinajstić information content (AvgIpc) is 3.04. The molecule has 0 radical (unpaired) electrons. The van der Waals surface area contributed by atoms with Crippen molar-refractivity contribution in [3.63, 3.8) is 0 Å². The van der Waals surface area contributed by atoms with Crippen LogP contribution < -0.4 is 10.6 Å². The van der Waals surface area contributed by atoms with Crippen molar-refractivity contribution < 1.29 is 23.9 Å². The summed E-state index contributed by atoms with van der Waals surface area (Å²) in [6.07, 6.45) is 12.4. The summed E-state index contributed by atoms with van der Waals surface area (Å²) in [6, 6.07) is -0.504. The number of hydrogen-bond acceptors (Lipinski definition) is 5. The highest BCUT2D eigenvalue weighted by molar-refractivity contribution is 5.91. The molecule has 4 fully saturated rings. The monoisotopic (exact) mass is 498 g/mol. The highest BCUT2D eigenvalue weighted by Gasteiger charge is 2.59. The second-order valence-corrected chi connectivity index (χ2v) is 12.5. The van der Waals surface area contributed by atoms with Gasteiger partial charge in [0.05, 0.1) is 6.42 Å². The molecule has 2 amide bonds. The topological polar surface area (TPSA) is 102 Å². The Morgan fingerprint density at radius 1 is 1.00 bits per heavy atom. The molecule has 4 aliphatic carbocycles. The number of carbonyl (C=O) groups is 4. The van der Waals surface area contributed by atoms with E-state index < -0.39 is 6.04 Å². The van der Waals surface area contributed by atoms with Crippen LogP contribution in [0.15, 0.2) is 11.6 Å². The van der Waals surface area contributed by atoms with Crippen LogP contribution in [0.5, 0.6) is 0 Å². The predicted molar refractivity (Wildman–Crippen MR) is 135 cm³/mol. The minimum absolute atomic E-state index is 0.0143. The summed E-state index contributed by atoms with van der Waals surface area (Å²) in [5.74, 6) is 1.36. The van der Waals surface area contributed by atoms with E-state index >= 15 is 0 Å². The number of rotatable bonds is 5. The first kappa shape index (κ1) is 25.5. The lowest BCUT2D eigenvalue weighted by molar-refractivity contribution is -0.160. The zero-order valence-corrected chi connectivity index (χ0v) is 21.9. The van der Waals surface area contributed by atoms with Crippen LogP contribution in [0.3, 0.4) is 0 Å². The Labute approximate surface area is 214 Å². The Morgan fingerprint density at radius 3 is 2.67 bits per heavy atom. The molecule has 2 unspecified atom stereocenters. The van der Waals surface area contributed by atoms with Crippen LogP contribution in [0.2, 0.25) is 0 Å². The fourth-order valence-electron chi connectivity index (χ4n) is 8.48. The van der Waals surface area contributed by atoms with E-state index in [4.69, 9.17) is 4.74 Å². The number of ether oxygens (including phenoxy) is 1. The zero-order chi connectivity index (χ0) is 25.5. The Bertz CT molecular complexity index is 959. The van der Waals surface area contributed by atoms with Crippen LogP contribution >= 0.6 is 0 Å². The second kappa shape index (κ2) is 9.94. The molecule has 36 heavy (non-hydrogen) atoms. The van der Waals surface area contributed by atoms with Gasteiger partial charge in [-0.25, -0.2) is 0 Å². The summed E-state index contributed by atoms with van der Waals surface area (Å²) in [7, 11) is 0. The second-order valence-electron chi connectivity index (χ2n) is 12.5. The van der Waals surface area contributed by atoms with Gasteiger partial charge in [-0.1, -0.05) is 19.4 Å². The van der Waals surface area contributed by atoms with Crippen molar-refractivity contribution in [2.45, 2.75) is 109 Å². The van der Waals surface area contributed by atoms with Gasteiger partial charge in [-0.05, 0) is 93.5 Å². The first-order valence-electron chi connectivity index (χ1n) is 14.2. The highest BCUT2D eigenvalue weighted by atomic mass is 16.5. The van der Waals surface area contributed by atoms with Crippen LogP contribution in [0.4, 0.5) is 0 Å². The molecule has 5 aliphatic rings. The van der Waals surface area contributed by atoms with E-state index in [-0.39, 0.29) is 47.6 Å². The summed E-state index contributed by atoms with van der Waals surface area (Å²) in [4.78, 5) is 49.3. The van der Waals surface area contributed by atoms with Gasteiger partial charge in [-0.2, -0.15) is 0 Å². The lowest BCUT2D eigenvalue weighted by Gasteiger charge is -2.57. The van der Waals surface area contributed by atoms with Crippen LogP contribution in [-0.4, -0.2) is 42.3 Å². The molecule has 1 aliphatic heterocycles. The summed E-state index contributed by atoms with van der Waals surface area (Å²) in [5.41, 5.74) is 1.51. The smallest absolute Gasteiger partial charge is 0.306 e. The molecule has 0 aromatic heterocycles. The standard InChI is InChI=1S/C29H42N2O5/c1-28-14-12-19(32)17-18(28)6-7-20-21-8-9-24(29(21,2)15-13-22(20)28)36-26(34)11-10-25(33)31-23-5-3-4-16-30-27(23)35/h17,20-24H,3-16H2,1-2H3,(H,30,35)(H,31,33)/t20-,21-,22-,23?,24?,28-,29-/m0/s1. The molecule has 3 saturated carbocycles. The molecular formula is C29H42N2O5. The van der Waals surface area contributed by atoms with Crippen molar-refractivity contribution in [2.75, 3.05) is 6.54 Å². The van der Waals surface area contributed by atoms with Gasteiger partial charge in [0.1, 0.15) is 12.1 Å². The van der Waals surface area contributed by atoms with Gasteiger partial charge in [-0.15, -0.1) is 0 Å². The number of esters is 1. The molecule has 7 nitrogen and oxygen atoms in total. The SMILES string of the molecule is C[C@]12CCC(=O)C=C1CC[C@@H]1[C@@H]2CC[C@]2(C)C(OC(=O)CCC(=O)NC3CCCCNC3=O)CC[C@@H]12. The predicted octanol–water partition coefficient (Wildman–Crippen LogP) is 4.00. The highest BCUT2D eigenvalue weighted by Crippen LogP contribution is 2.65. The molecule has 198 valence electrons. The fourth-order valence-corrected chi connectivity index (χ4v) is 8.48. The Balaban J connectivity index is 1.16. The van der Waals surface area contributed by atoms with Gasteiger partial charge in [0.15, 0.2) is 5.78 Å². The maximum Gasteiger partial charge on any atom is 0.306 e. The Kier molecular flexibility index (Phi) is 7.03. The van der Waals surface area contributed by atoms with Gasteiger partial charge >= 0.3 is 5.97 Å². The van der Waals surface area contributed by atoms with E-state index in [0.29, 0.717) is 42.9 Å². The number of hydrogen-bond donors (Lipinski definition) is 2. The molecule has 0 bridgehead atoms. The summed E-state index contributed by atoms with van der Waals surface area (Å²) in [6.45, 7) is 5.35. The van der Waals surface area contributed by atoms with Gasteiger partial charge in [-0.3, -0.25) is 19.2 Å². The van der Waals surface area contributed by atoms with E-state index in [1.807, 2.05) is 6.08 Å². The number of allylic oxidation sites excluding steroid dienone is 1. The molecule has 7 heteroatoms. The van der Waals surface area contributed by atoms with Crippen LogP contribution in [0.1, 0.15) is 97.3 Å². The van der Waals surface area contributed by atoms with Crippen molar-refractivity contribution in [1.82, 2.24) is 10.6 Å². The van der Waals surface area contributed by atoms with E-state index in [9.17, 15) is 19.2 Å². The number of carbonyl (C=O) groups excluding carboxylic acids is 4. The Morgan fingerprint density at radius 2 is 1.83 bits per heavy atom. The van der Waals surface area contributed by atoms with E-state index in [2.05, 4.69) is 24.5 Å². The normalized spacial score (nSPS) is 40.1. The number of amides is 2. The van der Waals surface area contributed by atoms with Gasteiger partial charge < -0.3 is 15.4 Å². The minimum atomic E-state index is -0.504.